The number of hydrogen-bond donors (Lipinski definition) is 1. The van der Waals surface area contributed by atoms with E-state index in [0.717, 1.165) is 0 Å². The van der Waals surface area contributed by atoms with Gasteiger partial charge in [-0.2, -0.15) is 0 Å². The van der Waals surface area contributed by atoms with Gasteiger partial charge in [-0.15, -0.1) is 0 Å². The zero-order chi connectivity index (χ0) is 12.9. The molecule has 0 atom stereocenters. The molecule has 0 aliphatic rings. The second kappa shape index (κ2) is 6.41. The first-order valence-corrected chi connectivity index (χ1v) is 6.93. The Hall–Kier alpha value is -0.540. The Morgan fingerprint density at radius 1 is 1.41 bits per heavy atom. The van der Waals surface area contributed by atoms with Crippen LogP contribution in [0.3, 0.4) is 0 Å². The standard InChI is InChI=1S/C9H13BrN2O4S/c1-15-9(16-2)6-12-17(13,14)8-3-7(10)4-11-5-8/h3-5,9,12H,6H2,1-2H3. The van der Waals surface area contributed by atoms with Crippen LogP contribution in [-0.2, 0) is 19.5 Å². The van der Waals surface area contributed by atoms with Gasteiger partial charge in [0.2, 0.25) is 10.0 Å². The molecule has 1 rings (SSSR count). The van der Waals surface area contributed by atoms with E-state index in [1.54, 1.807) is 0 Å². The van der Waals surface area contributed by atoms with Gasteiger partial charge in [-0.25, -0.2) is 13.1 Å². The minimum absolute atomic E-state index is 0.0296. The van der Waals surface area contributed by atoms with Gasteiger partial charge in [-0.3, -0.25) is 4.98 Å². The lowest BCUT2D eigenvalue weighted by Gasteiger charge is -2.14. The van der Waals surface area contributed by atoms with Gasteiger partial charge in [0, 0.05) is 31.1 Å². The zero-order valence-electron chi connectivity index (χ0n) is 9.38. The molecule has 8 heteroatoms. The maximum atomic E-state index is 11.8. The molecule has 17 heavy (non-hydrogen) atoms. The summed E-state index contributed by atoms with van der Waals surface area (Å²) >= 11 is 3.16. The van der Waals surface area contributed by atoms with Crippen molar-refractivity contribution in [2.75, 3.05) is 20.8 Å². The van der Waals surface area contributed by atoms with Crippen LogP contribution in [0.5, 0.6) is 0 Å². The third-order valence-electron chi connectivity index (χ3n) is 1.96. The summed E-state index contributed by atoms with van der Waals surface area (Å²) in [5.41, 5.74) is 0. The van der Waals surface area contributed by atoms with E-state index in [2.05, 4.69) is 25.6 Å². The molecule has 0 aliphatic heterocycles. The lowest BCUT2D eigenvalue weighted by Crippen LogP contribution is -2.34. The Kier molecular flexibility index (Phi) is 5.47. The first-order chi connectivity index (χ1) is 7.99. The van der Waals surface area contributed by atoms with Crippen molar-refractivity contribution < 1.29 is 17.9 Å². The lowest BCUT2D eigenvalue weighted by atomic mass is 10.5. The topological polar surface area (TPSA) is 77.5 Å². The molecule has 0 aliphatic carbocycles. The molecule has 0 aromatic carbocycles. The minimum Gasteiger partial charge on any atom is -0.355 e. The Labute approximate surface area is 109 Å². The molecular weight excluding hydrogens is 312 g/mol. The van der Waals surface area contributed by atoms with Gasteiger partial charge in [-0.05, 0) is 22.0 Å². The number of hydrogen-bond acceptors (Lipinski definition) is 5. The molecular formula is C9H13BrN2O4S. The molecule has 0 radical (unpaired) electrons. The summed E-state index contributed by atoms with van der Waals surface area (Å²) in [4.78, 5) is 3.87. The van der Waals surface area contributed by atoms with E-state index in [0.29, 0.717) is 4.47 Å². The zero-order valence-corrected chi connectivity index (χ0v) is 11.8. The number of sulfonamides is 1. The van der Waals surface area contributed by atoms with E-state index in [1.165, 1.54) is 32.7 Å². The van der Waals surface area contributed by atoms with E-state index in [4.69, 9.17) is 9.47 Å². The highest BCUT2D eigenvalue weighted by molar-refractivity contribution is 9.10. The maximum absolute atomic E-state index is 11.8. The van der Waals surface area contributed by atoms with Gasteiger partial charge in [-0.1, -0.05) is 0 Å². The predicted octanol–water partition coefficient (Wildman–Crippen LogP) is 0.741. The molecule has 0 spiro atoms. The number of nitrogens with zero attached hydrogens (tertiary/aromatic N) is 1. The average molecular weight is 325 g/mol. The van der Waals surface area contributed by atoms with Crippen molar-refractivity contribution in [1.82, 2.24) is 9.71 Å². The molecule has 1 aromatic rings. The summed E-state index contributed by atoms with van der Waals surface area (Å²) in [7, 11) is -0.733. The Morgan fingerprint density at radius 3 is 2.59 bits per heavy atom. The van der Waals surface area contributed by atoms with Gasteiger partial charge in [0.05, 0.1) is 6.54 Å². The summed E-state index contributed by atoms with van der Waals surface area (Å²) < 4.78 is 36.4. The molecule has 0 saturated carbocycles. The van der Waals surface area contributed by atoms with Crippen LogP contribution in [0, 0.1) is 0 Å². The quantitative estimate of drug-likeness (QED) is 0.781. The second-order valence-corrected chi connectivity index (χ2v) is 5.77. The normalized spacial score (nSPS) is 12.0. The van der Waals surface area contributed by atoms with Crippen molar-refractivity contribution in [3.63, 3.8) is 0 Å². The summed E-state index contributed by atoms with van der Waals surface area (Å²) in [6, 6.07) is 1.46. The summed E-state index contributed by atoms with van der Waals surface area (Å²) in [5.74, 6) is 0. The summed E-state index contributed by atoms with van der Waals surface area (Å²) in [6.45, 7) is 0.0296. The highest BCUT2D eigenvalue weighted by Gasteiger charge is 2.17. The van der Waals surface area contributed by atoms with Crippen LogP contribution < -0.4 is 4.72 Å². The van der Waals surface area contributed by atoms with Gasteiger partial charge in [0.25, 0.3) is 0 Å². The highest BCUT2D eigenvalue weighted by atomic mass is 79.9. The van der Waals surface area contributed by atoms with E-state index in [1.807, 2.05) is 0 Å². The fraction of sp³-hybridized carbons (Fsp3) is 0.444. The Morgan fingerprint density at radius 2 is 2.06 bits per heavy atom. The first kappa shape index (κ1) is 14.5. The van der Waals surface area contributed by atoms with Crippen LogP contribution >= 0.6 is 15.9 Å². The SMILES string of the molecule is COC(CNS(=O)(=O)c1cncc(Br)c1)OC. The number of methoxy groups -OCH3 is 2. The molecule has 0 bridgehead atoms. The van der Waals surface area contributed by atoms with Crippen molar-refractivity contribution in [2.45, 2.75) is 11.2 Å². The fourth-order valence-corrected chi connectivity index (χ4v) is 2.58. The second-order valence-electron chi connectivity index (χ2n) is 3.09. The van der Waals surface area contributed by atoms with E-state index in [-0.39, 0.29) is 11.4 Å². The van der Waals surface area contributed by atoms with Crippen molar-refractivity contribution in [1.29, 1.82) is 0 Å². The fourth-order valence-electron chi connectivity index (χ4n) is 1.06. The number of nitrogens with one attached hydrogen (secondary N) is 1. The van der Waals surface area contributed by atoms with Crippen molar-refractivity contribution in [2.24, 2.45) is 0 Å². The van der Waals surface area contributed by atoms with Crippen molar-refractivity contribution >= 4 is 26.0 Å². The molecule has 1 N–H and O–H groups in total. The lowest BCUT2D eigenvalue weighted by molar-refractivity contribution is -0.0960. The maximum Gasteiger partial charge on any atom is 0.242 e. The Balaban J connectivity index is 2.76. The van der Waals surface area contributed by atoms with Crippen molar-refractivity contribution in [3.8, 4) is 0 Å². The van der Waals surface area contributed by atoms with Crippen molar-refractivity contribution in [3.05, 3.63) is 22.9 Å². The number of rotatable bonds is 6. The third kappa shape index (κ3) is 4.32. The summed E-state index contributed by atoms with van der Waals surface area (Å²) in [5, 5.41) is 0. The number of aromatic nitrogens is 1. The van der Waals surface area contributed by atoms with E-state index >= 15 is 0 Å². The third-order valence-corrected chi connectivity index (χ3v) is 3.78. The average Bonchev–Trinajstić information content (AvgIpc) is 2.30. The molecule has 0 unspecified atom stereocenters. The molecule has 1 aromatic heterocycles. The van der Waals surface area contributed by atoms with Gasteiger partial charge >= 0.3 is 0 Å². The highest BCUT2D eigenvalue weighted by Crippen LogP contribution is 2.13. The van der Waals surface area contributed by atoms with Crippen LogP contribution in [0.25, 0.3) is 0 Å². The van der Waals surface area contributed by atoms with Crippen LogP contribution in [-0.4, -0.2) is 40.5 Å². The number of pyridine rings is 1. The minimum atomic E-state index is -3.60. The number of halogens is 1. The molecule has 1 heterocycles. The smallest absolute Gasteiger partial charge is 0.242 e. The Bertz CT molecular complexity index is 462. The van der Waals surface area contributed by atoms with E-state index < -0.39 is 16.3 Å². The number of ether oxygens (including phenoxy) is 2. The van der Waals surface area contributed by atoms with E-state index in [9.17, 15) is 8.42 Å². The van der Waals surface area contributed by atoms with Gasteiger partial charge < -0.3 is 9.47 Å². The molecule has 0 amide bonds. The largest absolute Gasteiger partial charge is 0.355 e. The van der Waals surface area contributed by atoms with Crippen LogP contribution in [0.1, 0.15) is 0 Å². The van der Waals surface area contributed by atoms with Crippen LogP contribution in [0.4, 0.5) is 0 Å². The van der Waals surface area contributed by atoms with Crippen LogP contribution in [0.2, 0.25) is 0 Å². The molecule has 0 saturated heterocycles. The predicted molar refractivity (Wildman–Crippen MR) is 64.9 cm³/mol. The first-order valence-electron chi connectivity index (χ1n) is 4.65. The van der Waals surface area contributed by atoms with Gasteiger partial charge in [0.15, 0.2) is 6.29 Å². The molecule has 96 valence electrons. The molecule has 6 nitrogen and oxygen atoms in total. The monoisotopic (exact) mass is 324 g/mol. The summed E-state index contributed by atoms with van der Waals surface area (Å²) in [6.07, 6.45) is 2.15. The molecule has 0 fully saturated rings. The van der Waals surface area contributed by atoms with Crippen LogP contribution in [0.15, 0.2) is 27.8 Å². The van der Waals surface area contributed by atoms with Gasteiger partial charge in [0.1, 0.15) is 4.90 Å².